The van der Waals surface area contributed by atoms with Crippen LogP contribution < -0.4 is 10.6 Å². The largest absolute Gasteiger partial charge is 0.450 e. The average molecular weight is 353 g/mol. The Hall–Kier alpha value is -1.93. The van der Waals surface area contributed by atoms with Gasteiger partial charge in [0.2, 0.25) is 0 Å². The molecule has 1 aliphatic rings. The van der Waals surface area contributed by atoms with Crippen LogP contribution in [0.25, 0.3) is 10.2 Å². The maximum Gasteiger partial charge on any atom is 0.407 e. The van der Waals surface area contributed by atoms with Crippen LogP contribution in [0.1, 0.15) is 19.8 Å². The van der Waals surface area contributed by atoms with Crippen molar-refractivity contribution >= 4 is 32.8 Å². The van der Waals surface area contributed by atoms with Crippen molar-refractivity contribution in [2.75, 3.05) is 25.1 Å². The van der Waals surface area contributed by atoms with Crippen molar-refractivity contribution in [1.82, 2.24) is 10.3 Å². The van der Waals surface area contributed by atoms with Crippen LogP contribution in [0.5, 0.6) is 0 Å². The lowest BCUT2D eigenvalue weighted by Gasteiger charge is -2.19. The van der Waals surface area contributed by atoms with Crippen LogP contribution in [0.4, 0.5) is 14.3 Å². The van der Waals surface area contributed by atoms with Gasteiger partial charge < -0.3 is 20.1 Å². The number of hydrogen-bond acceptors (Lipinski definition) is 6. The molecule has 0 spiro atoms. The maximum absolute atomic E-state index is 13.3. The van der Waals surface area contributed by atoms with Crippen molar-refractivity contribution in [3.8, 4) is 0 Å². The van der Waals surface area contributed by atoms with Gasteiger partial charge in [0.1, 0.15) is 5.82 Å². The first kappa shape index (κ1) is 16.9. The Balaban J connectivity index is 1.59. The molecule has 2 N–H and O–H groups in total. The average Bonchev–Trinajstić information content (AvgIpc) is 3.14. The molecule has 130 valence electrons. The summed E-state index contributed by atoms with van der Waals surface area (Å²) in [5.74, 6) is -0.281. The van der Waals surface area contributed by atoms with Gasteiger partial charge in [-0.05, 0) is 24.6 Å². The molecule has 0 bridgehead atoms. The highest BCUT2D eigenvalue weighted by molar-refractivity contribution is 7.22. The number of unbranched alkanes of at least 4 members (excludes halogenated alkanes) is 1. The molecule has 0 saturated carbocycles. The van der Waals surface area contributed by atoms with Crippen LogP contribution in [0.3, 0.4) is 0 Å². The SMILES string of the molecule is CCCCOC(=O)NC1COCC1Nc1nc2ccc(F)cc2s1. The number of anilines is 1. The first-order valence-electron chi connectivity index (χ1n) is 7.99. The maximum atomic E-state index is 13.3. The number of carbonyl (C=O) groups excluding carboxylic acids is 1. The van der Waals surface area contributed by atoms with E-state index in [4.69, 9.17) is 9.47 Å². The normalized spacial score (nSPS) is 20.2. The first-order valence-corrected chi connectivity index (χ1v) is 8.81. The Morgan fingerprint density at radius 1 is 1.46 bits per heavy atom. The third-order valence-electron chi connectivity index (χ3n) is 3.77. The summed E-state index contributed by atoms with van der Waals surface area (Å²) in [5.41, 5.74) is 0.742. The van der Waals surface area contributed by atoms with Crippen LogP contribution in [-0.4, -0.2) is 43.0 Å². The van der Waals surface area contributed by atoms with E-state index in [0.29, 0.717) is 25.0 Å². The summed E-state index contributed by atoms with van der Waals surface area (Å²) in [6.45, 7) is 3.33. The second kappa shape index (κ2) is 7.76. The minimum absolute atomic E-state index is 0.103. The van der Waals surface area contributed by atoms with Gasteiger partial charge in [-0.15, -0.1) is 0 Å². The minimum atomic E-state index is -0.433. The highest BCUT2D eigenvalue weighted by Gasteiger charge is 2.30. The molecule has 1 aliphatic heterocycles. The number of amides is 1. The zero-order chi connectivity index (χ0) is 16.9. The van der Waals surface area contributed by atoms with E-state index < -0.39 is 6.09 Å². The number of thiazole rings is 1. The number of nitrogens with zero attached hydrogens (tertiary/aromatic N) is 1. The monoisotopic (exact) mass is 353 g/mol. The number of ether oxygens (including phenoxy) is 2. The van der Waals surface area contributed by atoms with E-state index in [-0.39, 0.29) is 17.9 Å². The Morgan fingerprint density at radius 3 is 3.12 bits per heavy atom. The molecule has 3 rings (SSSR count). The summed E-state index contributed by atoms with van der Waals surface area (Å²) in [5, 5.41) is 6.76. The molecule has 1 amide bonds. The van der Waals surface area contributed by atoms with Gasteiger partial charge in [-0.2, -0.15) is 0 Å². The fourth-order valence-electron chi connectivity index (χ4n) is 2.46. The molecule has 0 radical (unpaired) electrons. The molecule has 1 aromatic heterocycles. The third-order valence-corrected chi connectivity index (χ3v) is 4.72. The van der Waals surface area contributed by atoms with Crippen molar-refractivity contribution in [3.63, 3.8) is 0 Å². The summed E-state index contributed by atoms with van der Waals surface area (Å²) in [7, 11) is 0. The zero-order valence-electron chi connectivity index (χ0n) is 13.4. The standard InChI is InChI=1S/C16H20FN3O3S/c1-2-3-6-23-16(21)20-13-9-22-8-12(13)19-15-18-11-5-4-10(17)7-14(11)24-15/h4-5,7,12-13H,2-3,6,8-9H2,1H3,(H,18,19)(H,20,21). The molecule has 6 nitrogen and oxygen atoms in total. The molecule has 24 heavy (non-hydrogen) atoms. The van der Waals surface area contributed by atoms with E-state index in [1.165, 1.54) is 23.5 Å². The molecule has 1 aromatic carbocycles. The van der Waals surface area contributed by atoms with Gasteiger partial charge in [-0.3, -0.25) is 0 Å². The Morgan fingerprint density at radius 2 is 2.29 bits per heavy atom. The minimum Gasteiger partial charge on any atom is -0.450 e. The van der Waals surface area contributed by atoms with E-state index in [9.17, 15) is 9.18 Å². The number of benzene rings is 1. The molecule has 0 aliphatic carbocycles. The van der Waals surface area contributed by atoms with Gasteiger partial charge in [0.25, 0.3) is 0 Å². The van der Waals surface area contributed by atoms with Gasteiger partial charge in [0, 0.05) is 0 Å². The summed E-state index contributed by atoms with van der Waals surface area (Å²) in [6.07, 6.45) is 1.39. The highest BCUT2D eigenvalue weighted by Crippen LogP contribution is 2.27. The molecular formula is C16H20FN3O3S. The van der Waals surface area contributed by atoms with E-state index in [2.05, 4.69) is 15.6 Å². The van der Waals surface area contributed by atoms with Gasteiger partial charge in [0.15, 0.2) is 5.13 Å². The fraction of sp³-hybridized carbons (Fsp3) is 0.500. The van der Waals surface area contributed by atoms with E-state index in [1.54, 1.807) is 6.07 Å². The molecule has 8 heteroatoms. The highest BCUT2D eigenvalue weighted by atomic mass is 32.1. The number of carbonyl (C=O) groups is 1. The van der Waals surface area contributed by atoms with Crippen molar-refractivity contribution in [2.45, 2.75) is 31.8 Å². The topological polar surface area (TPSA) is 72.5 Å². The van der Waals surface area contributed by atoms with Crippen molar-refractivity contribution in [3.05, 3.63) is 24.0 Å². The van der Waals surface area contributed by atoms with Crippen LogP contribution >= 0.6 is 11.3 Å². The van der Waals surface area contributed by atoms with E-state index in [0.717, 1.165) is 23.1 Å². The van der Waals surface area contributed by atoms with Crippen molar-refractivity contribution in [2.24, 2.45) is 0 Å². The first-order chi connectivity index (χ1) is 11.7. The Labute approximate surface area is 143 Å². The predicted molar refractivity (Wildman–Crippen MR) is 91.0 cm³/mol. The second-order valence-electron chi connectivity index (χ2n) is 5.66. The number of alkyl carbamates (subject to hydrolysis) is 1. The zero-order valence-corrected chi connectivity index (χ0v) is 14.2. The summed E-state index contributed by atoms with van der Waals surface area (Å²) in [6, 6.07) is 4.21. The lowest BCUT2D eigenvalue weighted by atomic mass is 10.2. The van der Waals surface area contributed by atoms with E-state index >= 15 is 0 Å². The molecule has 1 saturated heterocycles. The van der Waals surface area contributed by atoms with Gasteiger partial charge in [-0.1, -0.05) is 24.7 Å². The van der Waals surface area contributed by atoms with Crippen molar-refractivity contribution < 1.29 is 18.7 Å². The molecule has 2 unspecified atom stereocenters. The quantitative estimate of drug-likeness (QED) is 0.781. The summed E-state index contributed by atoms with van der Waals surface area (Å²) in [4.78, 5) is 16.2. The molecule has 2 atom stereocenters. The summed E-state index contributed by atoms with van der Waals surface area (Å²) >= 11 is 1.37. The van der Waals surface area contributed by atoms with Gasteiger partial charge in [0.05, 0.1) is 42.1 Å². The number of fused-ring (bicyclic) bond motifs is 1. The number of halogens is 1. The van der Waals surface area contributed by atoms with Crippen molar-refractivity contribution in [1.29, 1.82) is 0 Å². The Kier molecular flexibility index (Phi) is 5.47. The third kappa shape index (κ3) is 4.12. The number of rotatable bonds is 6. The van der Waals surface area contributed by atoms with Crippen LogP contribution in [0, 0.1) is 5.82 Å². The van der Waals surface area contributed by atoms with Gasteiger partial charge >= 0.3 is 6.09 Å². The lowest BCUT2D eigenvalue weighted by Crippen LogP contribution is -2.46. The molecule has 1 fully saturated rings. The van der Waals surface area contributed by atoms with E-state index in [1.807, 2.05) is 6.92 Å². The molecular weight excluding hydrogens is 333 g/mol. The van der Waals surface area contributed by atoms with Crippen LogP contribution in [0.2, 0.25) is 0 Å². The smallest absolute Gasteiger partial charge is 0.407 e. The van der Waals surface area contributed by atoms with Crippen LogP contribution in [-0.2, 0) is 9.47 Å². The van der Waals surface area contributed by atoms with Crippen LogP contribution in [0.15, 0.2) is 18.2 Å². The number of aromatic nitrogens is 1. The number of hydrogen-bond donors (Lipinski definition) is 2. The lowest BCUT2D eigenvalue weighted by molar-refractivity contribution is 0.137. The summed E-state index contributed by atoms with van der Waals surface area (Å²) < 4.78 is 24.6. The molecule has 2 heterocycles. The Bertz CT molecular complexity index is 709. The molecule has 2 aromatic rings. The fourth-order valence-corrected chi connectivity index (χ4v) is 3.41. The van der Waals surface area contributed by atoms with Gasteiger partial charge in [-0.25, -0.2) is 14.2 Å². The second-order valence-corrected chi connectivity index (χ2v) is 6.69. The number of nitrogens with one attached hydrogen (secondary N) is 2. The predicted octanol–water partition coefficient (Wildman–Crippen LogP) is 3.14.